The fourth-order valence-corrected chi connectivity index (χ4v) is 2.26. The molecule has 1 N–H and O–H groups in total. The molecular formula is C15H24FN. The summed E-state index contributed by atoms with van der Waals surface area (Å²) in [6.07, 6.45) is 3.46. The molecule has 0 bridgehead atoms. The summed E-state index contributed by atoms with van der Waals surface area (Å²) in [7, 11) is 0. The van der Waals surface area contributed by atoms with E-state index < -0.39 is 0 Å². The molecular weight excluding hydrogens is 213 g/mol. The van der Waals surface area contributed by atoms with E-state index in [0.29, 0.717) is 5.92 Å². The largest absolute Gasteiger partial charge is 0.310 e. The van der Waals surface area contributed by atoms with E-state index in [1.54, 1.807) is 12.1 Å². The highest BCUT2D eigenvalue weighted by molar-refractivity contribution is 5.20. The first kappa shape index (κ1) is 14.2. The van der Waals surface area contributed by atoms with Crippen molar-refractivity contribution in [3.05, 3.63) is 35.6 Å². The Hall–Kier alpha value is -0.890. The molecule has 0 aliphatic heterocycles. The Bertz CT molecular complexity index is 320. The molecule has 1 nitrogen and oxygen atoms in total. The quantitative estimate of drug-likeness (QED) is 0.745. The number of nitrogens with one attached hydrogen (secondary N) is 1. The number of hydrogen-bond acceptors (Lipinski definition) is 1. The van der Waals surface area contributed by atoms with Gasteiger partial charge in [0.05, 0.1) is 0 Å². The molecule has 0 aliphatic carbocycles. The highest BCUT2D eigenvalue weighted by Gasteiger charge is 2.15. The summed E-state index contributed by atoms with van der Waals surface area (Å²) in [5.41, 5.74) is 1.07. The van der Waals surface area contributed by atoms with Crippen molar-refractivity contribution in [2.75, 3.05) is 6.54 Å². The van der Waals surface area contributed by atoms with E-state index in [-0.39, 0.29) is 11.9 Å². The van der Waals surface area contributed by atoms with E-state index in [9.17, 15) is 4.39 Å². The molecule has 1 aromatic rings. The van der Waals surface area contributed by atoms with Crippen LogP contribution < -0.4 is 5.32 Å². The lowest BCUT2D eigenvalue weighted by molar-refractivity contribution is 0.375. The lowest BCUT2D eigenvalue weighted by atomic mass is 9.91. The van der Waals surface area contributed by atoms with Gasteiger partial charge in [-0.3, -0.25) is 0 Å². The van der Waals surface area contributed by atoms with Gasteiger partial charge in [-0.15, -0.1) is 0 Å². The molecule has 0 heterocycles. The molecule has 1 rings (SSSR count). The maximum atomic E-state index is 13.2. The lowest BCUT2D eigenvalue weighted by Crippen LogP contribution is -2.23. The van der Waals surface area contributed by atoms with Crippen LogP contribution >= 0.6 is 0 Å². The molecule has 0 aromatic heterocycles. The van der Waals surface area contributed by atoms with Crippen LogP contribution in [-0.2, 0) is 0 Å². The van der Waals surface area contributed by atoms with Gasteiger partial charge in [0.1, 0.15) is 5.82 Å². The van der Waals surface area contributed by atoms with Crippen molar-refractivity contribution < 1.29 is 4.39 Å². The number of rotatable bonds is 7. The van der Waals surface area contributed by atoms with E-state index in [4.69, 9.17) is 0 Å². The molecule has 1 unspecified atom stereocenters. The number of benzene rings is 1. The van der Waals surface area contributed by atoms with Crippen molar-refractivity contribution in [1.82, 2.24) is 5.32 Å². The molecule has 1 atom stereocenters. The smallest absolute Gasteiger partial charge is 0.123 e. The van der Waals surface area contributed by atoms with E-state index in [0.717, 1.165) is 18.5 Å². The van der Waals surface area contributed by atoms with Crippen molar-refractivity contribution in [2.24, 2.45) is 5.92 Å². The predicted molar refractivity (Wildman–Crippen MR) is 71.5 cm³/mol. The Balaban J connectivity index is 2.77. The van der Waals surface area contributed by atoms with Gasteiger partial charge in [-0.25, -0.2) is 4.39 Å². The van der Waals surface area contributed by atoms with E-state index in [1.807, 2.05) is 6.07 Å². The van der Waals surface area contributed by atoms with Crippen LogP contribution in [0.4, 0.5) is 4.39 Å². The van der Waals surface area contributed by atoms with E-state index >= 15 is 0 Å². The van der Waals surface area contributed by atoms with Crippen LogP contribution in [0.3, 0.4) is 0 Å². The Kier molecular flexibility index (Phi) is 6.20. The van der Waals surface area contributed by atoms with Crippen molar-refractivity contribution in [3.8, 4) is 0 Å². The average Bonchev–Trinajstić information content (AvgIpc) is 2.34. The zero-order chi connectivity index (χ0) is 12.7. The van der Waals surface area contributed by atoms with Gasteiger partial charge in [-0.2, -0.15) is 0 Å². The standard InChI is InChI=1S/C15H24FN/c1-4-12(5-2)10-15(17-6-3)13-8-7-9-14(16)11-13/h7-9,11-12,15,17H,4-6,10H2,1-3H3. The molecule has 0 amide bonds. The third-order valence-corrected chi connectivity index (χ3v) is 3.43. The zero-order valence-corrected chi connectivity index (χ0v) is 11.2. The highest BCUT2D eigenvalue weighted by atomic mass is 19.1. The van der Waals surface area contributed by atoms with Crippen molar-refractivity contribution in [3.63, 3.8) is 0 Å². The van der Waals surface area contributed by atoms with Crippen LogP contribution in [0.5, 0.6) is 0 Å². The predicted octanol–water partition coefficient (Wildman–Crippen LogP) is 4.30. The SMILES string of the molecule is CCNC(CC(CC)CC)c1cccc(F)c1. The second-order valence-corrected chi connectivity index (χ2v) is 4.58. The van der Waals surface area contributed by atoms with Gasteiger partial charge in [0.25, 0.3) is 0 Å². The van der Waals surface area contributed by atoms with Gasteiger partial charge in [-0.05, 0) is 36.6 Å². The van der Waals surface area contributed by atoms with E-state index in [2.05, 4.69) is 26.1 Å². The van der Waals surface area contributed by atoms with Crippen LogP contribution in [0.2, 0.25) is 0 Å². The Morgan fingerprint density at radius 2 is 1.88 bits per heavy atom. The first-order chi connectivity index (χ1) is 8.21. The summed E-state index contributed by atoms with van der Waals surface area (Å²) in [5.74, 6) is 0.567. The monoisotopic (exact) mass is 237 g/mol. The minimum absolute atomic E-state index is 0.144. The summed E-state index contributed by atoms with van der Waals surface area (Å²) in [6.45, 7) is 7.46. The third kappa shape index (κ3) is 4.47. The van der Waals surface area contributed by atoms with Crippen LogP contribution in [-0.4, -0.2) is 6.54 Å². The van der Waals surface area contributed by atoms with Crippen LogP contribution in [0.1, 0.15) is 51.6 Å². The number of hydrogen-bond donors (Lipinski definition) is 1. The molecule has 96 valence electrons. The maximum absolute atomic E-state index is 13.2. The van der Waals surface area contributed by atoms with Gasteiger partial charge in [0, 0.05) is 6.04 Å². The van der Waals surface area contributed by atoms with Crippen LogP contribution in [0, 0.1) is 11.7 Å². The first-order valence-electron chi connectivity index (χ1n) is 6.70. The molecule has 1 aromatic carbocycles. The normalized spacial score (nSPS) is 13.0. The molecule has 0 fully saturated rings. The Labute approximate surface area is 104 Å². The Morgan fingerprint density at radius 1 is 1.18 bits per heavy atom. The van der Waals surface area contributed by atoms with Crippen LogP contribution in [0.15, 0.2) is 24.3 Å². The minimum Gasteiger partial charge on any atom is -0.310 e. The summed E-state index contributed by atoms with van der Waals surface area (Å²) in [5, 5.41) is 3.46. The second-order valence-electron chi connectivity index (χ2n) is 4.58. The van der Waals surface area contributed by atoms with Gasteiger partial charge in [-0.1, -0.05) is 45.7 Å². The molecule has 2 heteroatoms. The molecule has 0 aliphatic rings. The zero-order valence-electron chi connectivity index (χ0n) is 11.2. The molecule has 0 radical (unpaired) electrons. The third-order valence-electron chi connectivity index (χ3n) is 3.43. The molecule has 0 saturated carbocycles. The summed E-state index contributed by atoms with van der Waals surface area (Å²) in [6, 6.07) is 7.24. The second kappa shape index (κ2) is 7.44. The fourth-order valence-electron chi connectivity index (χ4n) is 2.26. The van der Waals surface area contributed by atoms with Crippen LogP contribution in [0.25, 0.3) is 0 Å². The molecule has 0 spiro atoms. The van der Waals surface area contributed by atoms with Crippen molar-refractivity contribution in [1.29, 1.82) is 0 Å². The fraction of sp³-hybridized carbons (Fsp3) is 0.600. The van der Waals surface area contributed by atoms with Gasteiger partial charge in [0.15, 0.2) is 0 Å². The Morgan fingerprint density at radius 3 is 2.41 bits per heavy atom. The summed E-state index contributed by atoms with van der Waals surface area (Å²) < 4.78 is 13.2. The lowest BCUT2D eigenvalue weighted by Gasteiger charge is -2.23. The van der Waals surface area contributed by atoms with Gasteiger partial charge >= 0.3 is 0 Å². The van der Waals surface area contributed by atoms with Crippen molar-refractivity contribution >= 4 is 0 Å². The molecule has 0 saturated heterocycles. The maximum Gasteiger partial charge on any atom is 0.123 e. The average molecular weight is 237 g/mol. The first-order valence-corrected chi connectivity index (χ1v) is 6.70. The minimum atomic E-state index is -0.144. The topological polar surface area (TPSA) is 12.0 Å². The van der Waals surface area contributed by atoms with Crippen molar-refractivity contribution in [2.45, 2.75) is 46.1 Å². The highest BCUT2D eigenvalue weighted by Crippen LogP contribution is 2.25. The summed E-state index contributed by atoms with van der Waals surface area (Å²) in [4.78, 5) is 0. The summed E-state index contributed by atoms with van der Waals surface area (Å²) >= 11 is 0. The van der Waals surface area contributed by atoms with Gasteiger partial charge < -0.3 is 5.32 Å². The number of halogens is 1. The van der Waals surface area contributed by atoms with Gasteiger partial charge in [0.2, 0.25) is 0 Å². The molecule has 17 heavy (non-hydrogen) atoms. The van der Waals surface area contributed by atoms with E-state index in [1.165, 1.54) is 18.9 Å².